The van der Waals surface area contributed by atoms with Crippen LogP contribution in [0.5, 0.6) is 5.75 Å². The van der Waals surface area contributed by atoms with Gasteiger partial charge in [-0.25, -0.2) is 4.79 Å². The molecule has 7 heteroatoms. The zero-order valence-corrected chi connectivity index (χ0v) is 17.6. The molecule has 1 aromatic carbocycles. The summed E-state index contributed by atoms with van der Waals surface area (Å²) in [7, 11) is 1.81. The van der Waals surface area contributed by atoms with Crippen molar-refractivity contribution >= 4 is 48.3 Å². The van der Waals surface area contributed by atoms with E-state index < -0.39 is 0 Å². The first-order chi connectivity index (χ1) is 12.1. The molecule has 0 aliphatic heterocycles. The van der Waals surface area contributed by atoms with Crippen molar-refractivity contribution in [1.82, 2.24) is 4.90 Å². The third-order valence-electron chi connectivity index (χ3n) is 4.02. The number of fused-ring (bicyclic) bond motifs is 1. The highest BCUT2D eigenvalue weighted by Crippen LogP contribution is 2.44. The molecule has 0 saturated carbocycles. The molecule has 0 radical (unpaired) electrons. The summed E-state index contributed by atoms with van der Waals surface area (Å²) in [5, 5.41) is 4.75. The van der Waals surface area contributed by atoms with Crippen molar-refractivity contribution < 1.29 is 14.3 Å². The molecule has 25 heavy (non-hydrogen) atoms. The zero-order chi connectivity index (χ0) is 18.4. The molecule has 1 heterocycles. The van der Waals surface area contributed by atoms with E-state index in [1.54, 1.807) is 0 Å². The van der Waals surface area contributed by atoms with Crippen LogP contribution >= 0.6 is 27.3 Å². The molecule has 5 nitrogen and oxygen atoms in total. The number of nitrogens with zero attached hydrogens (tertiary/aromatic N) is 1. The lowest BCUT2D eigenvalue weighted by Crippen LogP contribution is -2.27. The SMILES string of the molecule is CCOC(=O)c1c(NC)sc2c(OCCN(CC)CC)c(Br)ccc12. The first kappa shape index (κ1) is 20.0. The number of anilines is 1. The number of hydrogen-bond donors (Lipinski definition) is 1. The van der Waals surface area contributed by atoms with Crippen molar-refractivity contribution in [3.05, 3.63) is 22.2 Å². The molecule has 0 atom stereocenters. The number of carbonyl (C=O) groups excluding carboxylic acids is 1. The van der Waals surface area contributed by atoms with Gasteiger partial charge in [-0.1, -0.05) is 19.9 Å². The largest absolute Gasteiger partial charge is 0.490 e. The summed E-state index contributed by atoms with van der Waals surface area (Å²) < 4.78 is 13.1. The number of thiophene rings is 1. The molecule has 2 aromatic rings. The van der Waals surface area contributed by atoms with Crippen LogP contribution in [0, 0.1) is 0 Å². The van der Waals surface area contributed by atoms with Crippen LogP contribution in [-0.2, 0) is 4.74 Å². The predicted molar refractivity (Wildman–Crippen MR) is 108 cm³/mol. The van der Waals surface area contributed by atoms with Gasteiger partial charge >= 0.3 is 5.97 Å². The Kier molecular flexibility index (Phi) is 7.53. The topological polar surface area (TPSA) is 50.8 Å². The number of halogens is 1. The maximum Gasteiger partial charge on any atom is 0.341 e. The molecule has 0 aliphatic carbocycles. The smallest absolute Gasteiger partial charge is 0.341 e. The van der Waals surface area contributed by atoms with Gasteiger partial charge in [0, 0.05) is 19.0 Å². The Labute approximate surface area is 161 Å². The molecule has 0 spiro atoms. The number of ether oxygens (including phenoxy) is 2. The molecule has 2 rings (SSSR count). The number of likely N-dealkylation sites (N-methyl/N-ethyl adjacent to an activating group) is 1. The molecule has 0 amide bonds. The van der Waals surface area contributed by atoms with E-state index in [0.29, 0.717) is 18.8 Å². The van der Waals surface area contributed by atoms with Gasteiger partial charge in [-0.3, -0.25) is 0 Å². The highest BCUT2D eigenvalue weighted by Gasteiger charge is 2.23. The first-order valence-corrected chi connectivity index (χ1v) is 10.1. The molecule has 1 N–H and O–H groups in total. The van der Waals surface area contributed by atoms with Crippen LogP contribution in [0.25, 0.3) is 10.1 Å². The predicted octanol–water partition coefficient (Wildman–Crippen LogP) is 4.60. The molecular formula is C18H25BrN2O3S. The van der Waals surface area contributed by atoms with Gasteiger partial charge in [0.1, 0.15) is 17.2 Å². The summed E-state index contributed by atoms with van der Waals surface area (Å²) in [6.07, 6.45) is 0. The van der Waals surface area contributed by atoms with Crippen LogP contribution < -0.4 is 10.1 Å². The third-order valence-corrected chi connectivity index (χ3v) is 5.87. The van der Waals surface area contributed by atoms with E-state index >= 15 is 0 Å². The van der Waals surface area contributed by atoms with Crippen LogP contribution in [0.1, 0.15) is 31.1 Å². The number of carbonyl (C=O) groups is 1. The fraction of sp³-hybridized carbons (Fsp3) is 0.500. The van der Waals surface area contributed by atoms with Crippen molar-refractivity contribution in [3.8, 4) is 5.75 Å². The molecule has 0 saturated heterocycles. The van der Waals surface area contributed by atoms with E-state index in [1.165, 1.54) is 11.3 Å². The van der Waals surface area contributed by atoms with Crippen molar-refractivity contribution in [2.45, 2.75) is 20.8 Å². The Morgan fingerprint density at radius 1 is 1.28 bits per heavy atom. The lowest BCUT2D eigenvalue weighted by molar-refractivity contribution is 0.0530. The average Bonchev–Trinajstić information content (AvgIpc) is 2.99. The van der Waals surface area contributed by atoms with E-state index in [0.717, 1.165) is 44.9 Å². The molecule has 138 valence electrons. The van der Waals surface area contributed by atoms with Crippen LogP contribution in [0.15, 0.2) is 16.6 Å². The monoisotopic (exact) mass is 428 g/mol. The number of nitrogens with one attached hydrogen (secondary N) is 1. The number of rotatable bonds is 9. The molecule has 0 unspecified atom stereocenters. The minimum absolute atomic E-state index is 0.311. The highest BCUT2D eigenvalue weighted by atomic mass is 79.9. The Balaban J connectivity index is 2.37. The standard InChI is InChI=1S/C18H25BrN2O3S/c1-5-21(6-2)10-11-24-15-13(19)9-8-12-14(18(22)23-7-3)17(20-4)25-16(12)15/h8-9,20H,5-7,10-11H2,1-4H3. The highest BCUT2D eigenvalue weighted by molar-refractivity contribution is 9.10. The van der Waals surface area contributed by atoms with Crippen LogP contribution in [-0.4, -0.2) is 50.8 Å². The quantitative estimate of drug-likeness (QED) is 0.591. The lowest BCUT2D eigenvalue weighted by Gasteiger charge is -2.18. The van der Waals surface area contributed by atoms with Gasteiger partial charge in [0.05, 0.1) is 15.8 Å². The molecule has 1 aromatic heterocycles. The summed E-state index contributed by atoms with van der Waals surface area (Å²) in [5.74, 6) is 0.469. The van der Waals surface area contributed by atoms with Crippen LogP contribution in [0.3, 0.4) is 0 Å². The second-order valence-corrected chi connectivity index (χ2v) is 7.28. The molecular weight excluding hydrogens is 404 g/mol. The Hall–Kier alpha value is -1.31. The van der Waals surface area contributed by atoms with Gasteiger partial charge in [0.25, 0.3) is 0 Å². The molecule has 0 aliphatic rings. The number of hydrogen-bond acceptors (Lipinski definition) is 6. The molecule has 0 fully saturated rings. The maximum atomic E-state index is 12.4. The van der Waals surface area contributed by atoms with Crippen molar-refractivity contribution in [2.24, 2.45) is 0 Å². The fourth-order valence-electron chi connectivity index (χ4n) is 2.65. The summed E-state index contributed by atoms with van der Waals surface area (Å²) in [5.41, 5.74) is 0.574. The van der Waals surface area contributed by atoms with E-state index in [9.17, 15) is 4.79 Å². The Bertz CT molecular complexity index is 729. The minimum Gasteiger partial charge on any atom is -0.490 e. The van der Waals surface area contributed by atoms with Gasteiger partial charge in [-0.05, 0) is 42.0 Å². The van der Waals surface area contributed by atoms with Gasteiger partial charge in [0.2, 0.25) is 0 Å². The minimum atomic E-state index is -0.311. The van der Waals surface area contributed by atoms with Crippen molar-refractivity contribution in [1.29, 1.82) is 0 Å². The lowest BCUT2D eigenvalue weighted by atomic mass is 10.1. The maximum absolute atomic E-state index is 12.4. The van der Waals surface area contributed by atoms with Gasteiger partial charge in [-0.2, -0.15) is 0 Å². The average molecular weight is 429 g/mol. The fourth-order valence-corrected chi connectivity index (χ4v) is 4.36. The summed E-state index contributed by atoms with van der Waals surface area (Å²) >= 11 is 5.08. The zero-order valence-electron chi connectivity index (χ0n) is 15.1. The van der Waals surface area contributed by atoms with E-state index in [1.807, 2.05) is 26.1 Å². The normalized spacial score (nSPS) is 11.1. The summed E-state index contributed by atoms with van der Waals surface area (Å²) in [6.45, 7) is 9.91. The number of benzene rings is 1. The second kappa shape index (κ2) is 9.40. The van der Waals surface area contributed by atoms with E-state index in [2.05, 4.69) is 40.0 Å². The van der Waals surface area contributed by atoms with Crippen molar-refractivity contribution in [2.75, 3.05) is 45.2 Å². The van der Waals surface area contributed by atoms with Gasteiger partial charge in [0.15, 0.2) is 5.75 Å². The van der Waals surface area contributed by atoms with Crippen LogP contribution in [0.2, 0.25) is 0 Å². The molecule has 0 bridgehead atoms. The Morgan fingerprint density at radius 3 is 2.60 bits per heavy atom. The van der Waals surface area contributed by atoms with Gasteiger partial charge in [-0.15, -0.1) is 11.3 Å². The van der Waals surface area contributed by atoms with Crippen molar-refractivity contribution in [3.63, 3.8) is 0 Å². The third kappa shape index (κ3) is 4.46. The number of esters is 1. The van der Waals surface area contributed by atoms with E-state index in [-0.39, 0.29) is 5.97 Å². The van der Waals surface area contributed by atoms with E-state index in [4.69, 9.17) is 9.47 Å². The second-order valence-electron chi connectivity index (χ2n) is 5.41. The summed E-state index contributed by atoms with van der Waals surface area (Å²) in [6, 6.07) is 3.85. The first-order valence-electron chi connectivity index (χ1n) is 8.52. The van der Waals surface area contributed by atoms with Gasteiger partial charge < -0.3 is 19.7 Å². The Morgan fingerprint density at radius 2 is 2.00 bits per heavy atom. The summed E-state index contributed by atoms with van der Waals surface area (Å²) in [4.78, 5) is 14.7. The van der Waals surface area contributed by atoms with Crippen LogP contribution in [0.4, 0.5) is 5.00 Å².